The van der Waals surface area contributed by atoms with E-state index < -0.39 is 0 Å². The van der Waals surface area contributed by atoms with Gasteiger partial charge in [-0.1, -0.05) is 6.07 Å². The van der Waals surface area contributed by atoms with Gasteiger partial charge in [0.2, 0.25) is 5.91 Å². The third-order valence-corrected chi connectivity index (χ3v) is 3.29. The number of benzene rings is 1. The van der Waals surface area contributed by atoms with Crippen molar-refractivity contribution in [2.24, 2.45) is 5.92 Å². The average molecular weight is 243 g/mol. The number of rotatable bonds is 2. The summed E-state index contributed by atoms with van der Waals surface area (Å²) >= 11 is 0. The molecule has 1 atom stereocenters. The standard InChI is InChI=1S/C14H17N3O/c1-10-4-5-11(8-15)7-13(10)17-14(18)12-3-2-6-16-9-12/h4-5,7,12,16H,2-3,6,9H2,1H3,(H,17,18). The third-order valence-electron chi connectivity index (χ3n) is 3.29. The smallest absolute Gasteiger partial charge is 0.228 e. The quantitative estimate of drug-likeness (QED) is 0.832. The van der Waals surface area contributed by atoms with E-state index in [1.54, 1.807) is 12.1 Å². The van der Waals surface area contributed by atoms with Crippen LogP contribution in [0.4, 0.5) is 5.69 Å². The number of aryl methyl sites for hydroxylation is 1. The van der Waals surface area contributed by atoms with Gasteiger partial charge in [0.25, 0.3) is 0 Å². The molecule has 0 aliphatic carbocycles. The van der Waals surface area contributed by atoms with E-state index in [4.69, 9.17) is 5.26 Å². The molecule has 0 radical (unpaired) electrons. The molecule has 1 heterocycles. The molecule has 2 rings (SSSR count). The minimum Gasteiger partial charge on any atom is -0.326 e. The number of amides is 1. The minimum atomic E-state index is 0.0314. The number of piperidine rings is 1. The fraction of sp³-hybridized carbons (Fsp3) is 0.429. The highest BCUT2D eigenvalue weighted by Gasteiger charge is 2.21. The molecule has 1 aliphatic rings. The largest absolute Gasteiger partial charge is 0.326 e. The van der Waals surface area contributed by atoms with Crippen LogP contribution in [0.2, 0.25) is 0 Å². The van der Waals surface area contributed by atoms with E-state index in [2.05, 4.69) is 16.7 Å². The van der Waals surface area contributed by atoms with Gasteiger partial charge < -0.3 is 10.6 Å². The highest BCUT2D eigenvalue weighted by molar-refractivity contribution is 5.93. The Morgan fingerprint density at radius 3 is 3.06 bits per heavy atom. The van der Waals surface area contributed by atoms with Gasteiger partial charge in [0, 0.05) is 12.2 Å². The molecule has 94 valence electrons. The van der Waals surface area contributed by atoms with Crippen LogP contribution >= 0.6 is 0 Å². The lowest BCUT2D eigenvalue weighted by Crippen LogP contribution is -2.37. The van der Waals surface area contributed by atoms with Gasteiger partial charge in [0.05, 0.1) is 17.6 Å². The van der Waals surface area contributed by atoms with E-state index in [0.717, 1.165) is 37.2 Å². The van der Waals surface area contributed by atoms with Crippen molar-refractivity contribution in [1.29, 1.82) is 5.26 Å². The number of nitriles is 1. The van der Waals surface area contributed by atoms with Gasteiger partial charge in [0.1, 0.15) is 0 Å². The average Bonchev–Trinajstić information content (AvgIpc) is 2.42. The Bertz CT molecular complexity index is 484. The molecule has 4 heteroatoms. The minimum absolute atomic E-state index is 0.0314. The van der Waals surface area contributed by atoms with Crippen LogP contribution in [-0.4, -0.2) is 19.0 Å². The first-order valence-electron chi connectivity index (χ1n) is 6.23. The van der Waals surface area contributed by atoms with E-state index in [0.29, 0.717) is 5.56 Å². The van der Waals surface area contributed by atoms with Crippen molar-refractivity contribution in [2.45, 2.75) is 19.8 Å². The van der Waals surface area contributed by atoms with Gasteiger partial charge in [-0.15, -0.1) is 0 Å². The highest BCUT2D eigenvalue weighted by atomic mass is 16.1. The first kappa shape index (κ1) is 12.6. The van der Waals surface area contributed by atoms with Crippen LogP contribution in [0.25, 0.3) is 0 Å². The summed E-state index contributed by atoms with van der Waals surface area (Å²) in [7, 11) is 0. The number of hydrogen-bond acceptors (Lipinski definition) is 3. The maximum absolute atomic E-state index is 12.1. The summed E-state index contributed by atoms with van der Waals surface area (Å²) in [5, 5.41) is 15.0. The Labute approximate surface area is 107 Å². The molecular formula is C14H17N3O. The topological polar surface area (TPSA) is 64.9 Å². The molecule has 4 nitrogen and oxygen atoms in total. The zero-order valence-electron chi connectivity index (χ0n) is 10.5. The molecule has 1 unspecified atom stereocenters. The molecular weight excluding hydrogens is 226 g/mol. The van der Waals surface area contributed by atoms with Gasteiger partial charge in [-0.2, -0.15) is 5.26 Å². The Morgan fingerprint density at radius 2 is 2.39 bits per heavy atom. The van der Waals surface area contributed by atoms with Gasteiger partial charge in [-0.05, 0) is 44.0 Å². The second kappa shape index (κ2) is 5.65. The summed E-state index contributed by atoms with van der Waals surface area (Å²) in [5.41, 5.74) is 2.29. The first-order chi connectivity index (χ1) is 8.70. The van der Waals surface area contributed by atoms with E-state index >= 15 is 0 Å². The van der Waals surface area contributed by atoms with Crippen LogP contribution in [0, 0.1) is 24.2 Å². The molecule has 1 amide bonds. The molecule has 18 heavy (non-hydrogen) atoms. The summed E-state index contributed by atoms with van der Waals surface area (Å²) in [6.07, 6.45) is 1.96. The van der Waals surface area contributed by atoms with Gasteiger partial charge >= 0.3 is 0 Å². The molecule has 2 N–H and O–H groups in total. The highest BCUT2D eigenvalue weighted by Crippen LogP contribution is 2.19. The summed E-state index contributed by atoms with van der Waals surface area (Å²) in [4.78, 5) is 12.1. The van der Waals surface area contributed by atoms with E-state index in [-0.39, 0.29) is 11.8 Å². The van der Waals surface area contributed by atoms with Crippen molar-refractivity contribution in [3.63, 3.8) is 0 Å². The van der Waals surface area contributed by atoms with Gasteiger partial charge in [-0.25, -0.2) is 0 Å². The van der Waals surface area contributed by atoms with Gasteiger partial charge in [-0.3, -0.25) is 4.79 Å². The molecule has 0 saturated carbocycles. The Morgan fingerprint density at radius 1 is 1.56 bits per heavy atom. The molecule has 0 spiro atoms. The SMILES string of the molecule is Cc1ccc(C#N)cc1NC(=O)C1CCCNC1. The van der Waals surface area contributed by atoms with Crippen LogP contribution in [0.3, 0.4) is 0 Å². The van der Waals surface area contributed by atoms with Crippen LogP contribution < -0.4 is 10.6 Å². The molecule has 0 bridgehead atoms. The lowest BCUT2D eigenvalue weighted by atomic mass is 9.98. The Hall–Kier alpha value is -1.86. The second-order valence-corrected chi connectivity index (χ2v) is 4.67. The molecule has 1 saturated heterocycles. The number of anilines is 1. The number of nitrogens with zero attached hydrogens (tertiary/aromatic N) is 1. The van der Waals surface area contributed by atoms with E-state index in [1.807, 2.05) is 13.0 Å². The zero-order valence-corrected chi connectivity index (χ0v) is 10.5. The monoisotopic (exact) mass is 243 g/mol. The van der Waals surface area contributed by atoms with E-state index in [1.165, 1.54) is 0 Å². The molecule has 0 aromatic heterocycles. The number of hydrogen-bond donors (Lipinski definition) is 2. The van der Waals surface area contributed by atoms with Crippen LogP contribution in [-0.2, 0) is 4.79 Å². The number of nitrogens with one attached hydrogen (secondary N) is 2. The van der Waals surface area contributed by atoms with Crippen molar-refractivity contribution in [3.05, 3.63) is 29.3 Å². The maximum Gasteiger partial charge on any atom is 0.228 e. The summed E-state index contributed by atoms with van der Waals surface area (Å²) in [6, 6.07) is 7.42. The van der Waals surface area contributed by atoms with Crippen molar-refractivity contribution in [3.8, 4) is 6.07 Å². The second-order valence-electron chi connectivity index (χ2n) is 4.67. The molecule has 1 fully saturated rings. The molecule has 1 aromatic carbocycles. The van der Waals surface area contributed by atoms with Crippen molar-refractivity contribution < 1.29 is 4.79 Å². The maximum atomic E-state index is 12.1. The van der Waals surface area contributed by atoms with E-state index in [9.17, 15) is 4.79 Å². The summed E-state index contributed by atoms with van der Waals surface area (Å²) in [5.74, 6) is 0.0734. The van der Waals surface area contributed by atoms with Gasteiger partial charge in [0.15, 0.2) is 0 Å². The number of carbonyl (C=O) groups excluding carboxylic acids is 1. The predicted molar refractivity (Wildman–Crippen MR) is 70.1 cm³/mol. The van der Waals surface area contributed by atoms with Crippen molar-refractivity contribution >= 4 is 11.6 Å². The summed E-state index contributed by atoms with van der Waals surface area (Å²) in [6.45, 7) is 3.66. The lowest BCUT2D eigenvalue weighted by Gasteiger charge is -2.22. The van der Waals surface area contributed by atoms with Crippen LogP contribution in [0.1, 0.15) is 24.0 Å². The molecule has 1 aliphatic heterocycles. The fourth-order valence-corrected chi connectivity index (χ4v) is 2.14. The normalized spacial score (nSPS) is 19.0. The molecule has 1 aromatic rings. The van der Waals surface area contributed by atoms with Crippen molar-refractivity contribution in [1.82, 2.24) is 5.32 Å². The Kier molecular flexibility index (Phi) is 3.96. The third kappa shape index (κ3) is 2.88. The fourth-order valence-electron chi connectivity index (χ4n) is 2.14. The lowest BCUT2D eigenvalue weighted by molar-refractivity contribution is -0.120. The number of carbonyl (C=O) groups is 1. The summed E-state index contributed by atoms with van der Waals surface area (Å²) < 4.78 is 0. The predicted octanol–water partition coefficient (Wildman–Crippen LogP) is 1.80. The van der Waals surface area contributed by atoms with Crippen molar-refractivity contribution in [2.75, 3.05) is 18.4 Å². The van der Waals surface area contributed by atoms with Crippen LogP contribution in [0.15, 0.2) is 18.2 Å². The zero-order chi connectivity index (χ0) is 13.0. The Balaban J connectivity index is 2.08. The first-order valence-corrected chi connectivity index (χ1v) is 6.23. The van der Waals surface area contributed by atoms with Crippen LogP contribution in [0.5, 0.6) is 0 Å².